The van der Waals surface area contributed by atoms with Crippen molar-refractivity contribution in [3.05, 3.63) is 35.2 Å². The van der Waals surface area contributed by atoms with Crippen LogP contribution >= 0.6 is 0 Å². The van der Waals surface area contributed by atoms with Crippen LogP contribution in [-0.2, 0) is 6.42 Å². The molecule has 0 amide bonds. The molecule has 1 aromatic heterocycles. The van der Waals surface area contributed by atoms with Crippen molar-refractivity contribution in [2.45, 2.75) is 6.42 Å². The van der Waals surface area contributed by atoms with Crippen LogP contribution in [0.25, 0.3) is 6.08 Å². The van der Waals surface area contributed by atoms with Crippen molar-refractivity contribution in [3.8, 4) is 0 Å². The minimum absolute atomic E-state index is 1.12. The molecule has 0 unspecified atom stereocenters. The molecule has 0 fully saturated rings. The summed E-state index contributed by atoms with van der Waals surface area (Å²) < 4.78 is 0. The molecule has 0 aliphatic heterocycles. The van der Waals surface area contributed by atoms with Gasteiger partial charge in [-0.2, -0.15) is 0 Å². The van der Waals surface area contributed by atoms with Crippen molar-refractivity contribution >= 4 is 13.0 Å². The van der Waals surface area contributed by atoms with Crippen LogP contribution in [0.1, 0.15) is 11.0 Å². The third-order valence-electron chi connectivity index (χ3n) is 1.69. The number of hydrogen-bond donors (Lipinski definition) is 0. The first-order chi connectivity index (χ1) is 4.47. The van der Waals surface area contributed by atoms with Gasteiger partial charge < -0.3 is 0 Å². The summed E-state index contributed by atoms with van der Waals surface area (Å²) in [5.41, 5.74) is 2.84. The third-order valence-corrected chi connectivity index (χ3v) is 1.69. The van der Waals surface area contributed by atoms with E-state index in [0.717, 1.165) is 6.42 Å². The minimum atomic E-state index is 1.12. The third kappa shape index (κ3) is 0.729. The molecule has 0 aromatic carbocycles. The van der Waals surface area contributed by atoms with Gasteiger partial charge in [-0.25, -0.2) is 0 Å². The summed E-state index contributed by atoms with van der Waals surface area (Å²) in [4.78, 5) is 0. The van der Waals surface area contributed by atoms with Crippen LogP contribution in [-0.4, -0.2) is 6.91 Å². The number of allylic oxidation sites excluding steroid dienone is 1. The Morgan fingerprint density at radius 1 is 1.44 bits per heavy atom. The summed E-state index contributed by atoms with van der Waals surface area (Å²) in [5, 5.41) is 0. The first-order valence-electron chi connectivity index (χ1n) is 3.21. The van der Waals surface area contributed by atoms with Crippen molar-refractivity contribution in [3.63, 3.8) is 0 Å². The molecule has 42 valence electrons. The Balaban J connectivity index is 2.63. The zero-order valence-corrected chi connectivity index (χ0v) is 5.17. The Bertz CT molecular complexity index is 250. The first-order valence-corrected chi connectivity index (χ1v) is 3.21. The van der Waals surface area contributed by atoms with Crippen molar-refractivity contribution in [2.24, 2.45) is 0 Å². The molecular weight excluding hydrogens is 107 g/mol. The Morgan fingerprint density at radius 2 is 2.44 bits per heavy atom. The van der Waals surface area contributed by atoms with Crippen LogP contribution in [0.4, 0.5) is 0 Å². The molecule has 1 aliphatic rings. The molecule has 1 aliphatic carbocycles. The second-order valence-electron chi connectivity index (χ2n) is 2.31. The topological polar surface area (TPSA) is 0 Å². The molecule has 0 saturated carbocycles. The zero-order valence-electron chi connectivity index (χ0n) is 5.17. The van der Waals surface area contributed by atoms with E-state index in [-0.39, 0.29) is 0 Å². The van der Waals surface area contributed by atoms with E-state index in [0.29, 0.717) is 0 Å². The fourth-order valence-electron chi connectivity index (χ4n) is 1.20. The van der Waals surface area contributed by atoms with E-state index < -0.39 is 0 Å². The van der Waals surface area contributed by atoms with Gasteiger partial charge in [0, 0.05) is 0 Å². The molecule has 1 aromatic rings. The van der Waals surface area contributed by atoms with E-state index in [1.807, 2.05) is 0 Å². The van der Waals surface area contributed by atoms with Gasteiger partial charge in [-0.3, -0.25) is 0 Å². The standard InChI is InChI=1S/C8H7B/c1-3-7-4-2-6-9-8(7)5-1/h1-4,6H,5H2. The predicted octanol–water partition coefficient (Wildman–Crippen LogP) is 1.59. The summed E-state index contributed by atoms with van der Waals surface area (Å²) in [5.74, 6) is 2.09. The number of rotatable bonds is 0. The molecule has 0 atom stereocenters. The molecule has 9 heavy (non-hydrogen) atoms. The van der Waals surface area contributed by atoms with Gasteiger partial charge in [0.05, 0.1) is 0 Å². The summed E-state index contributed by atoms with van der Waals surface area (Å²) >= 11 is 0. The second kappa shape index (κ2) is 1.83. The average Bonchev–Trinajstić information content (AvgIpc) is 2.33. The second-order valence-corrected chi connectivity index (χ2v) is 2.31. The monoisotopic (exact) mass is 114 g/mol. The van der Waals surface area contributed by atoms with Gasteiger partial charge in [0.1, 0.15) is 0 Å². The molecular formula is C8H7B. The van der Waals surface area contributed by atoms with Gasteiger partial charge in [0.25, 0.3) is 0 Å². The van der Waals surface area contributed by atoms with Crippen LogP contribution in [0.15, 0.2) is 24.2 Å². The van der Waals surface area contributed by atoms with Crippen molar-refractivity contribution in [2.75, 3.05) is 0 Å². The van der Waals surface area contributed by atoms with Crippen molar-refractivity contribution in [1.29, 1.82) is 0 Å². The van der Waals surface area contributed by atoms with Gasteiger partial charge >= 0.3 is 54.6 Å². The van der Waals surface area contributed by atoms with Crippen LogP contribution < -0.4 is 0 Å². The van der Waals surface area contributed by atoms with E-state index in [1.165, 1.54) is 11.0 Å². The van der Waals surface area contributed by atoms with Gasteiger partial charge in [0.15, 0.2) is 0 Å². The van der Waals surface area contributed by atoms with Gasteiger partial charge in [-0.15, -0.1) is 0 Å². The van der Waals surface area contributed by atoms with Crippen LogP contribution in [0.5, 0.6) is 0 Å². The molecule has 0 saturated heterocycles. The Hall–Kier alpha value is -0.845. The first kappa shape index (κ1) is 4.98. The van der Waals surface area contributed by atoms with Gasteiger partial charge in [0.2, 0.25) is 0 Å². The fraction of sp³-hybridized carbons (Fsp3) is 0.125. The van der Waals surface area contributed by atoms with E-state index in [2.05, 4.69) is 37.2 Å². The average molecular weight is 114 g/mol. The fourth-order valence-corrected chi connectivity index (χ4v) is 1.20. The van der Waals surface area contributed by atoms with E-state index >= 15 is 0 Å². The predicted molar refractivity (Wildman–Crippen MR) is 40.5 cm³/mol. The van der Waals surface area contributed by atoms with E-state index in [9.17, 15) is 0 Å². The van der Waals surface area contributed by atoms with Gasteiger partial charge in [-0.05, 0) is 0 Å². The number of hydrogen-bond acceptors (Lipinski definition) is 0. The van der Waals surface area contributed by atoms with Crippen LogP contribution in [0, 0.1) is 0 Å². The molecule has 0 spiro atoms. The Kier molecular flexibility index (Phi) is 1.02. The van der Waals surface area contributed by atoms with E-state index in [1.54, 1.807) is 0 Å². The van der Waals surface area contributed by atoms with Gasteiger partial charge in [-0.1, -0.05) is 0 Å². The molecule has 0 bridgehead atoms. The van der Waals surface area contributed by atoms with Crippen LogP contribution in [0.3, 0.4) is 0 Å². The van der Waals surface area contributed by atoms with Crippen molar-refractivity contribution < 1.29 is 0 Å². The Morgan fingerprint density at radius 3 is 3.33 bits per heavy atom. The zero-order chi connectivity index (χ0) is 6.10. The molecule has 0 N–H and O–H groups in total. The molecule has 1 heterocycles. The molecule has 0 radical (unpaired) electrons. The summed E-state index contributed by atoms with van der Waals surface area (Å²) in [6, 6.07) is 4.23. The van der Waals surface area contributed by atoms with Crippen molar-refractivity contribution in [1.82, 2.24) is 0 Å². The quantitative estimate of drug-likeness (QED) is 0.480. The normalized spacial score (nSPS) is 13.3. The summed E-state index contributed by atoms with van der Waals surface area (Å²) in [6.07, 6.45) is 5.50. The number of fused-ring (bicyclic) bond motifs is 1. The molecule has 2 rings (SSSR count). The summed E-state index contributed by atoms with van der Waals surface area (Å²) in [7, 11) is 0. The maximum absolute atomic E-state index is 2.20. The van der Waals surface area contributed by atoms with E-state index in [4.69, 9.17) is 0 Å². The SMILES string of the molecule is b1cccc2c1CC=C2. The maximum atomic E-state index is 2.20. The molecule has 0 nitrogen and oxygen atoms in total. The Labute approximate surface area is 55.4 Å². The molecule has 1 heteroatoms. The van der Waals surface area contributed by atoms with Crippen LogP contribution in [0.2, 0.25) is 0 Å². The summed E-state index contributed by atoms with van der Waals surface area (Å²) in [6.45, 7) is 2.18.